The van der Waals surface area contributed by atoms with Crippen molar-refractivity contribution in [3.05, 3.63) is 35.9 Å². The fourth-order valence-corrected chi connectivity index (χ4v) is 4.01. The molecule has 1 rings (SSSR count). The van der Waals surface area contributed by atoms with Crippen LogP contribution in [0.1, 0.15) is 5.56 Å². The summed E-state index contributed by atoms with van der Waals surface area (Å²) >= 11 is 0. The molecule has 0 aliphatic heterocycles. The van der Waals surface area contributed by atoms with Gasteiger partial charge in [-0.3, -0.25) is 0 Å². The van der Waals surface area contributed by atoms with Gasteiger partial charge in [-0.15, -0.1) is 0 Å². The van der Waals surface area contributed by atoms with Gasteiger partial charge in [-0.1, -0.05) is 41.6 Å². The van der Waals surface area contributed by atoms with Gasteiger partial charge in [0.25, 0.3) is 0 Å². The molecule has 1 nitrogen and oxygen atoms in total. The first-order chi connectivity index (χ1) is 5.43. The van der Waals surface area contributed by atoms with E-state index >= 15 is 0 Å². The first-order valence-corrected chi connectivity index (χ1v) is 7.99. The van der Waals surface area contributed by atoms with Crippen molar-refractivity contribution >= 4 is 19.2 Å². The fraction of sp³-hybridized carbons (Fsp3) is 0.250. The zero-order valence-electron chi connectivity index (χ0n) is 6.79. The van der Waals surface area contributed by atoms with Crippen molar-refractivity contribution < 1.29 is 0 Å². The fourth-order valence-electron chi connectivity index (χ4n) is 1.12. The van der Waals surface area contributed by atoms with E-state index in [1.54, 1.807) is 0 Å². The van der Waals surface area contributed by atoms with E-state index in [9.17, 15) is 0 Å². The molecule has 0 atom stereocenters. The van der Waals surface area contributed by atoms with E-state index in [0.29, 0.717) is 0 Å². The van der Waals surface area contributed by atoms with Crippen LogP contribution in [0.2, 0.25) is 5.67 Å². The number of rotatable bonds is 4. The van der Waals surface area contributed by atoms with Crippen LogP contribution >= 0.6 is 0 Å². The molecule has 11 heavy (non-hydrogen) atoms. The smallest absolute Gasteiger partial charge is 0.0856 e. The van der Waals surface area contributed by atoms with Crippen LogP contribution in [-0.2, 0) is 6.04 Å². The first-order valence-electron chi connectivity index (χ1n) is 4.17. The average molecular weight is 181 g/mol. The van der Waals surface area contributed by atoms with Crippen molar-refractivity contribution in [3.8, 4) is 0 Å². The third-order valence-electron chi connectivity index (χ3n) is 1.76. The Kier molecular flexibility index (Phi) is 4.19. The molecule has 0 saturated heterocycles. The van der Waals surface area contributed by atoms with Gasteiger partial charge >= 0.3 is 0 Å². The summed E-state index contributed by atoms with van der Waals surface area (Å²) in [5.41, 5.74) is 2.91. The molecular formula is C8H15NSi2. The van der Waals surface area contributed by atoms with Crippen LogP contribution in [-0.4, -0.2) is 19.2 Å². The number of nitrogens with two attached hydrogens (primary N) is 1. The maximum atomic E-state index is 5.57. The van der Waals surface area contributed by atoms with Gasteiger partial charge < -0.3 is 5.40 Å². The van der Waals surface area contributed by atoms with Crippen LogP contribution in [0.15, 0.2) is 30.3 Å². The molecular weight excluding hydrogens is 166 g/mol. The van der Waals surface area contributed by atoms with Gasteiger partial charge in [-0.05, 0) is 6.04 Å². The molecule has 0 aliphatic carbocycles. The Balaban J connectivity index is 2.28. The molecule has 1 aromatic rings. The molecule has 0 spiro atoms. The van der Waals surface area contributed by atoms with E-state index in [2.05, 4.69) is 30.3 Å². The summed E-state index contributed by atoms with van der Waals surface area (Å²) in [6.45, 7) is 0. The zero-order valence-corrected chi connectivity index (χ0v) is 9.62. The molecule has 0 saturated carbocycles. The highest BCUT2D eigenvalue weighted by Crippen LogP contribution is 1.98. The van der Waals surface area contributed by atoms with Gasteiger partial charge in [0.15, 0.2) is 0 Å². The topological polar surface area (TPSA) is 26.0 Å². The standard InChI is InChI=1S/C8H15NSi2/c9-11-7-10-6-8-4-2-1-3-5-8/h1-5H,6-7,9-11H2. The number of benzene rings is 1. The van der Waals surface area contributed by atoms with Crippen LogP contribution in [0.5, 0.6) is 0 Å². The van der Waals surface area contributed by atoms with Crippen molar-refractivity contribution in [2.75, 3.05) is 0 Å². The van der Waals surface area contributed by atoms with Crippen molar-refractivity contribution in [3.63, 3.8) is 0 Å². The van der Waals surface area contributed by atoms with Gasteiger partial charge in [0, 0.05) is 9.52 Å². The van der Waals surface area contributed by atoms with E-state index in [0.717, 1.165) is 0 Å². The molecule has 1 aromatic carbocycles. The number of hydrogen-bond acceptors (Lipinski definition) is 1. The second kappa shape index (κ2) is 5.29. The van der Waals surface area contributed by atoms with Gasteiger partial charge in [0.05, 0.1) is 9.68 Å². The quantitative estimate of drug-likeness (QED) is 0.504. The van der Waals surface area contributed by atoms with Crippen LogP contribution < -0.4 is 5.40 Å². The lowest BCUT2D eigenvalue weighted by Crippen LogP contribution is -2.09. The maximum Gasteiger partial charge on any atom is 0.0856 e. The molecule has 0 aliphatic rings. The summed E-state index contributed by atoms with van der Waals surface area (Å²) in [5.74, 6) is 0. The van der Waals surface area contributed by atoms with E-state index in [4.69, 9.17) is 5.40 Å². The maximum absolute atomic E-state index is 5.57. The van der Waals surface area contributed by atoms with Crippen molar-refractivity contribution in [1.29, 1.82) is 0 Å². The molecule has 60 valence electrons. The largest absolute Gasteiger partial charge is 0.356 e. The molecule has 0 fully saturated rings. The molecule has 0 amide bonds. The van der Waals surface area contributed by atoms with Gasteiger partial charge in [0.2, 0.25) is 0 Å². The average Bonchev–Trinajstić information content (AvgIpc) is 2.07. The van der Waals surface area contributed by atoms with Crippen LogP contribution in [0, 0.1) is 0 Å². The first kappa shape index (κ1) is 8.71. The molecule has 2 N–H and O–H groups in total. The van der Waals surface area contributed by atoms with E-state index in [1.807, 2.05) is 0 Å². The van der Waals surface area contributed by atoms with Crippen LogP contribution in [0.4, 0.5) is 0 Å². The Labute approximate surface area is 72.7 Å². The van der Waals surface area contributed by atoms with E-state index < -0.39 is 0 Å². The third kappa shape index (κ3) is 3.50. The summed E-state index contributed by atoms with van der Waals surface area (Å²) in [6, 6.07) is 12.1. The van der Waals surface area contributed by atoms with Gasteiger partial charge in [0.1, 0.15) is 0 Å². The second-order valence-corrected chi connectivity index (χ2v) is 7.34. The highest BCUT2D eigenvalue weighted by molar-refractivity contribution is 6.53. The predicted octanol–water partition coefficient (Wildman–Crippen LogP) is -0.226. The van der Waals surface area contributed by atoms with Gasteiger partial charge in [-0.25, -0.2) is 0 Å². The zero-order chi connectivity index (χ0) is 7.94. The summed E-state index contributed by atoms with van der Waals surface area (Å²) in [4.78, 5) is 0. The molecule has 0 heterocycles. The minimum atomic E-state index is -0.140. The van der Waals surface area contributed by atoms with Crippen LogP contribution in [0.25, 0.3) is 0 Å². The Bertz CT molecular complexity index is 189. The highest BCUT2D eigenvalue weighted by Gasteiger charge is 1.90. The third-order valence-corrected chi connectivity index (χ3v) is 6.33. The van der Waals surface area contributed by atoms with Crippen molar-refractivity contribution in [1.82, 2.24) is 0 Å². The lowest BCUT2D eigenvalue weighted by molar-refractivity contribution is 1.38. The molecule has 0 unspecified atom stereocenters. The van der Waals surface area contributed by atoms with Crippen molar-refractivity contribution in [2.24, 2.45) is 5.40 Å². The lowest BCUT2D eigenvalue weighted by atomic mass is 10.2. The molecule has 3 heteroatoms. The summed E-state index contributed by atoms with van der Waals surface area (Å²) in [5, 5.41) is 5.57. The summed E-state index contributed by atoms with van der Waals surface area (Å²) < 4.78 is 0. The Morgan fingerprint density at radius 3 is 2.55 bits per heavy atom. The molecule has 0 bridgehead atoms. The normalized spacial score (nSPS) is 12.1. The SMILES string of the molecule is N[SiH2]C[SiH2]Cc1ccccc1. The Hall–Kier alpha value is -0.386. The second-order valence-electron chi connectivity index (χ2n) is 2.73. The monoisotopic (exact) mass is 181 g/mol. The van der Waals surface area contributed by atoms with Gasteiger partial charge in [-0.2, -0.15) is 0 Å². The minimum absolute atomic E-state index is 0.140. The predicted molar refractivity (Wildman–Crippen MR) is 56.2 cm³/mol. The van der Waals surface area contributed by atoms with Crippen LogP contribution in [0.3, 0.4) is 0 Å². The Morgan fingerprint density at radius 1 is 1.18 bits per heavy atom. The van der Waals surface area contributed by atoms with E-state index in [-0.39, 0.29) is 19.2 Å². The number of hydrogen-bond donors (Lipinski definition) is 1. The Morgan fingerprint density at radius 2 is 1.91 bits per heavy atom. The minimum Gasteiger partial charge on any atom is -0.356 e. The van der Waals surface area contributed by atoms with E-state index in [1.165, 1.54) is 17.3 Å². The lowest BCUT2D eigenvalue weighted by Gasteiger charge is -1.97. The highest BCUT2D eigenvalue weighted by atomic mass is 28.3. The molecule has 0 radical (unpaired) electrons. The summed E-state index contributed by atoms with van der Waals surface area (Å²) in [6.07, 6.45) is 0. The summed E-state index contributed by atoms with van der Waals surface area (Å²) in [7, 11) is 0.00957. The van der Waals surface area contributed by atoms with Crippen molar-refractivity contribution in [2.45, 2.75) is 11.7 Å². The molecule has 0 aromatic heterocycles.